The van der Waals surface area contributed by atoms with Crippen LogP contribution in [-0.2, 0) is 0 Å². The summed E-state index contributed by atoms with van der Waals surface area (Å²) in [7, 11) is 0. The van der Waals surface area contributed by atoms with Crippen LogP contribution in [-0.4, -0.2) is 23.2 Å². The van der Waals surface area contributed by atoms with Crippen molar-refractivity contribution >= 4 is 17.3 Å². The fraction of sp³-hybridized carbons (Fsp3) is 0.364. The molecule has 0 bridgehead atoms. The highest BCUT2D eigenvalue weighted by Gasteiger charge is 2.27. The molecule has 0 atom stereocenters. The molecule has 1 fully saturated rings. The summed E-state index contributed by atoms with van der Waals surface area (Å²) in [5, 5.41) is 12.3. The summed E-state index contributed by atoms with van der Waals surface area (Å²) >= 11 is 0. The van der Waals surface area contributed by atoms with E-state index in [1.165, 1.54) is 0 Å². The molecular weight excluding hydrogens is 206 g/mol. The van der Waals surface area contributed by atoms with Crippen LogP contribution >= 0.6 is 0 Å². The molecule has 0 radical (unpaired) electrons. The number of aliphatic hydroxyl groups is 1. The molecule has 86 valence electrons. The Bertz CT molecular complexity index is 414. The summed E-state index contributed by atoms with van der Waals surface area (Å²) in [6.45, 7) is 0. The highest BCUT2D eigenvalue weighted by molar-refractivity contribution is 5.94. The topological polar surface area (TPSA) is 101 Å². The van der Waals surface area contributed by atoms with Gasteiger partial charge in [0.05, 0.1) is 17.5 Å². The largest absolute Gasteiger partial charge is 0.397 e. The van der Waals surface area contributed by atoms with Gasteiger partial charge >= 0.3 is 0 Å². The van der Waals surface area contributed by atoms with Gasteiger partial charge in [-0.05, 0) is 31.0 Å². The van der Waals surface area contributed by atoms with Crippen LogP contribution < -0.4 is 16.8 Å². The zero-order valence-electron chi connectivity index (χ0n) is 8.81. The van der Waals surface area contributed by atoms with Gasteiger partial charge in [0.25, 0.3) is 0 Å². The lowest BCUT2D eigenvalue weighted by molar-refractivity contribution is 0.0836. The molecule has 1 aromatic rings. The van der Waals surface area contributed by atoms with Gasteiger partial charge in [-0.15, -0.1) is 0 Å². The molecule has 1 amide bonds. The number of carbonyl (C=O) groups excluding carboxylic acids is 1. The minimum atomic E-state index is -0.475. The molecule has 0 aliphatic heterocycles. The first-order valence-electron chi connectivity index (χ1n) is 5.20. The highest BCUT2D eigenvalue weighted by atomic mass is 16.3. The maximum Gasteiger partial charge on any atom is 0.248 e. The van der Waals surface area contributed by atoms with Crippen LogP contribution in [0.2, 0.25) is 0 Å². The number of carbonyl (C=O) groups is 1. The smallest absolute Gasteiger partial charge is 0.248 e. The normalized spacial score (nSPS) is 23.6. The van der Waals surface area contributed by atoms with E-state index in [0.717, 1.165) is 0 Å². The van der Waals surface area contributed by atoms with Crippen molar-refractivity contribution in [2.24, 2.45) is 5.73 Å². The second kappa shape index (κ2) is 4.02. The van der Waals surface area contributed by atoms with Crippen molar-refractivity contribution < 1.29 is 9.90 Å². The Hall–Kier alpha value is -1.75. The number of nitrogens with two attached hydrogens (primary N) is 2. The second-order valence-corrected chi connectivity index (χ2v) is 4.13. The number of nitrogen functional groups attached to an aromatic ring is 1. The molecule has 0 unspecified atom stereocenters. The van der Waals surface area contributed by atoms with E-state index in [4.69, 9.17) is 16.6 Å². The lowest BCUT2D eigenvalue weighted by atomic mass is 9.89. The average Bonchev–Trinajstić information content (AvgIpc) is 2.18. The monoisotopic (exact) mass is 221 g/mol. The lowest BCUT2D eigenvalue weighted by Crippen LogP contribution is -2.39. The van der Waals surface area contributed by atoms with Crippen LogP contribution in [0.5, 0.6) is 0 Å². The number of rotatable bonds is 3. The SMILES string of the molecule is NC(=O)c1ccc(N)c(NC2CC(O)C2)c1. The number of hydrogen-bond acceptors (Lipinski definition) is 4. The van der Waals surface area contributed by atoms with Crippen LogP contribution in [0.3, 0.4) is 0 Å². The van der Waals surface area contributed by atoms with Crippen molar-refractivity contribution in [3.05, 3.63) is 23.8 Å². The number of amides is 1. The van der Waals surface area contributed by atoms with Crippen molar-refractivity contribution in [2.45, 2.75) is 25.0 Å². The molecule has 6 N–H and O–H groups in total. The molecule has 5 nitrogen and oxygen atoms in total. The van der Waals surface area contributed by atoms with Gasteiger partial charge in [0.15, 0.2) is 0 Å². The zero-order chi connectivity index (χ0) is 11.7. The van der Waals surface area contributed by atoms with Crippen LogP contribution in [0.1, 0.15) is 23.2 Å². The molecular formula is C11H15N3O2. The number of benzene rings is 1. The third-order valence-electron chi connectivity index (χ3n) is 2.81. The average molecular weight is 221 g/mol. The van der Waals surface area contributed by atoms with Crippen molar-refractivity contribution in [1.82, 2.24) is 0 Å². The van der Waals surface area contributed by atoms with Gasteiger partial charge in [-0.2, -0.15) is 0 Å². The summed E-state index contributed by atoms with van der Waals surface area (Å²) in [5.41, 5.74) is 12.7. The molecule has 2 rings (SSSR count). The number of primary amides is 1. The molecule has 0 heterocycles. The van der Waals surface area contributed by atoms with Crippen LogP contribution in [0.15, 0.2) is 18.2 Å². The zero-order valence-corrected chi connectivity index (χ0v) is 8.81. The van der Waals surface area contributed by atoms with E-state index < -0.39 is 5.91 Å². The minimum Gasteiger partial charge on any atom is -0.397 e. The van der Waals surface area contributed by atoms with Crippen LogP contribution in [0, 0.1) is 0 Å². The van der Waals surface area contributed by atoms with Gasteiger partial charge in [0.1, 0.15) is 0 Å². The first-order chi connectivity index (χ1) is 7.56. The van der Waals surface area contributed by atoms with Gasteiger partial charge in [-0.25, -0.2) is 0 Å². The Morgan fingerprint density at radius 3 is 2.69 bits per heavy atom. The fourth-order valence-electron chi connectivity index (χ4n) is 1.76. The van der Waals surface area contributed by atoms with Gasteiger partial charge in [-0.1, -0.05) is 0 Å². The molecule has 0 saturated heterocycles. The predicted molar refractivity (Wildman–Crippen MR) is 62.0 cm³/mol. The van der Waals surface area contributed by atoms with E-state index in [1.807, 2.05) is 0 Å². The third kappa shape index (κ3) is 2.09. The molecule has 16 heavy (non-hydrogen) atoms. The number of nitrogens with one attached hydrogen (secondary N) is 1. The van der Waals surface area contributed by atoms with Crippen LogP contribution in [0.4, 0.5) is 11.4 Å². The fourth-order valence-corrected chi connectivity index (χ4v) is 1.76. The van der Waals surface area contributed by atoms with E-state index >= 15 is 0 Å². The standard InChI is InChI=1S/C11H15N3O2/c12-9-2-1-6(11(13)16)3-10(9)14-7-4-8(15)5-7/h1-3,7-8,14-15H,4-5,12H2,(H2,13,16). The summed E-state index contributed by atoms with van der Waals surface area (Å²) in [5.74, 6) is -0.475. The first kappa shape index (κ1) is 10.8. The van der Waals surface area contributed by atoms with Gasteiger partial charge in [0, 0.05) is 11.6 Å². The lowest BCUT2D eigenvalue weighted by Gasteiger charge is -2.33. The summed E-state index contributed by atoms with van der Waals surface area (Å²) in [6, 6.07) is 5.11. The summed E-state index contributed by atoms with van der Waals surface area (Å²) in [6.07, 6.45) is 1.19. The van der Waals surface area contributed by atoms with E-state index in [1.54, 1.807) is 18.2 Å². The van der Waals surface area contributed by atoms with E-state index in [-0.39, 0.29) is 12.1 Å². The summed E-state index contributed by atoms with van der Waals surface area (Å²) < 4.78 is 0. The van der Waals surface area contributed by atoms with Gasteiger partial charge in [0.2, 0.25) is 5.91 Å². The molecule has 0 aromatic heterocycles. The van der Waals surface area contributed by atoms with E-state index in [0.29, 0.717) is 29.8 Å². The Kier molecular flexibility index (Phi) is 2.70. The second-order valence-electron chi connectivity index (χ2n) is 4.13. The van der Waals surface area contributed by atoms with E-state index in [9.17, 15) is 4.79 Å². The van der Waals surface area contributed by atoms with Crippen LogP contribution in [0.25, 0.3) is 0 Å². The minimum absolute atomic E-state index is 0.223. The number of hydrogen-bond donors (Lipinski definition) is 4. The molecule has 0 spiro atoms. The maximum absolute atomic E-state index is 11.0. The molecule has 1 aliphatic rings. The molecule has 5 heteroatoms. The van der Waals surface area contributed by atoms with Crippen molar-refractivity contribution in [3.63, 3.8) is 0 Å². The molecule has 1 aromatic carbocycles. The van der Waals surface area contributed by atoms with Gasteiger partial charge in [-0.3, -0.25) is 4.79 Å². The quantitative estimate of drug-likeness (QED) is 0.551. The highest BCUT2D eigenvalue weighted by Crippen LogP contribution is 2.27. The number of aliphatic hydroxyl groups excluding tert-OH is 1. The van der Waals surface area contributed by atoms with Gasteiger partial charge < -0.3 is 21.9 Å². The Morgan fingerprint density at radius 1 is 1.44 bits per heavy atom. The Labute approximate surface area is 93.4 Å². The molecule has 1 saturated carbocycles. The summed E-state index contributed by atoms with van der Waals surface area (Å²) in [4.78, 5) is 11.0. The first-order valence-corrected chi connectivity index (χ1v) is 5.20. The van der Waals surface area contributed by atoms with Crippen molar-refractivity contribution in [2.75, 3.05) is 11.1 Å². The third-order valence-corrected chi connectivity index (χ3v) is 2.81. The Balaban J connectivity index is 2.12. The Morgan fingerprint density at radius 2 is 2.12 bits per heavy atom. The predicted octanol–water partition coefficient (Wildman–Crippen LogP) is 0.303. The maximum atomic E-state index is 11.0. The van der Waals surface area contributed by atoms with Crippen molar-refractivity contribution in [3.8, 4) is 0 Å². The number of anilines is 2. The van der Waals surface area contributed by atoms with E-state index in [2.05, 4.69) is 5.32 Å². The van der Waals surface area contributed by atoms with Crippen molar-refractivity contribution in [1.29, 1.82) is 0 Å². The molecule has 1 aliphatic carbocycles.